The summed E-state index contributed by atoms with van der Waals surface area (Å²) in [6, 6.07) is -1.06. The average molecular weight is 225 g/mol. The molecule has 0 aliphatic carbocycles. The quantitative estimate of drug-likeness (QED) is 0.710. The second kappa shape index (κ2) is 4.59. The molecule has 0 bridgehead atoms. The van der Waals surface area contributed by atoms with Crippen molar-refractivity contribution in [1.82, 2.24) is 5.32 Å². The van der Waals surface area contributed by atoms with Crippen LogP contribution < -0.4 is 5.32 Å². The number of carbonyl (C=O) groups is 2. The number of carboxylic acids is 1. The van der Waals surface area contributed by atoms with Crippen LogP contribution in [0.2, 0.25) is 0 Å². The van der Waals surface area contributed by atoms with Crippen LogP contribution in [0.1, 0.15) is 6.42 Å². The molecule has 0 aromatic heterocycles. The lowest BCUT2D eigenvalue weighted by molar-refractivity contribution is -0.141. The van der Waals surface area contributed by atoms with Crippen LogP contribution in [0.4, 0.5) is 8.78 Å². The van der Waals surface area contributed by atoms with Crippen LogP contribution in [0.3, 0.4) is 0 Å². The van der Waals surface area contributed by atoms with E-state index in [-0.39, 0.29) is 12.2 Å². The van der Waals surface area contributed by atoms with Crippen molar-refractivity contribution >= 4 is 23.6 Å². The maximum Gasteiger partial charge on any atom is 0.327 e. The summed E-state index contributed by atoms with van der Waals surface area (Å²) in [4.78, 5) is 21.5. The molecule has 0 radical (unpaired) electrons. The summed E-state index contributed by atoms with van der Waals surface area (Å²) >= 11 is 0.818. The maximum atomic E-state index is 12.3. The molecular formula is C7H9F2NO3S. The van der Waals surface area contributed by atoms with Gasteiger partial charge in [0.05, 0.1) is 5.25 Å². The predicted molar refractivity (Wildman–Crippen MR) is 46.4 cm³/mol. The fourth-order valence-electron chi connectivity index (χ4n) is 1.05. The van der Waals surface area contributed by atoms with Crippen molar-refractivity contribution in [3.63, 3.8) is 0 Å². The van der Waals surface area contributed by atoms with E-state index in [0.717, 1.165) is 11.8 Å². The highest BCUT2D eigenvalue weighted by atomic mass is 32.2. The van der Waals surface area contributed by atoms with Gasteiger partial charge >= 0.3 is 5.97 Å². The average Bonchev–Trinajstić information content (AvgIpc) is 2.26. The predicted octanol–water partition coefficient (Wildman–Crippen LogP) is 0.326. The molecule has 1 aliphatic heterocycles. The van der Waals surface area contributed by atoms with Gasteiger partial charge in [-0.05, 0) is 0 Å². The Hall–Kier alpha value is -0.850. The molecule has 0 spiro atoms. The van der Waals surface area contributed by atoms with Crippen molar-refractivity contribution in [3.8, 4) is 0 Å². The molecule has 0 saturated carbocycles. The number of hydrogen-bond acceptors (Lipinski definition) is 3. The number of hydrogen-bond donors (Lipinski definition) is 2. The Bertz CT molecular complexity index is 249. The first kappa shape index (κ1) is 11.2. The van der Waals surface area contributed by atoms with Crippen molar-refractivity contribution in [2.45, 2.75) is 24.1 Å². The number of aliphatic carboxylic acids is 1. The van der Waals surface area contributed by atoms with Crippen LogP contribution in [-0.4, -0.2) is 40.5 Å². The number of rotatable bonds is 2. The van der Waals surface area contributed by atoms with Gasteiger partial charge in [0, 0.05) is 12.2 Å². The van der Waals surface area contributed by atoms with E-state index in [9.17, 15) is 18.4 Å². The summed E-state index contributed by atoms with van der Waals surface area (Å²) in [5.41, 5.74) is 0. The van der Waals surface area contributed by atoms with Crippen molar-refractivity contribution in [2.75, 3.05) is 5.75 Å². The van der Waals surface area contributed by atoms with E-state index in [1.54, 1.807) is 0 Å². The standard InChI is InChI=1S/C7H9F2NO3S/c8-6(9)4-1-5(11)10-3(2-14-4)7(12)13/h3-4,6H,1-2H2,(H,10,11)(H,12,13)/t3-,4-/m0/s1. The summed E-state index contributed by atoms with van der Waals surface area (Å²) < 4.78 is 24.5. The van der Waals surface area contributed by atoms with Gasteiger partial charge in [-0.1, -0.05) is 0 Å². The minimum absolute atomic E-state index is 0.0178. The normalized spacial score (nSPS) is 28.4. The molecule has 7 heteroatoms. The fraction of sp³-hybridized carbons (Fsp3) is 0.714. The third-order valence-electron chi connectivity index (χ3n) is 1.78. The molecule has 0 aromatic carbocycles. The van der Waals surface area contributed by atoms with Crippen molar-refractivity contribution in [1.29, 1.82) is 0 Å². The summed E-state index contributed by atoms with van der Waals surface area (Å²) in [6.45, 7) is 0. The van der Waals surface area contributed by atoms with Crippen LogP contribution >= 0.6 is 11.8 Å². The monoisotopic (exact) mass is 225 g/mol. The molecule has 2 atom stereocenters. The number of carbonyl (C=O) groups excluding carboxylic acids is 1. The van der Waals surface area contributed by atoms with E-state index in [4.69, 9.17) is 5.11 Å². The zero-order valence-electron chi connectivity index (χ0n) is 7.07. The molecule has 80 valence electrons. The van der Waals surface area contributed by atoms with Gasteiger partial charge in [-0.25, -0.2) is 13.6 Å². The highest BCUT2D eigenvalue weighted by molar-refractivity contribution is 8.00. The Labute approximate surface area is 83.0 Å². The Morgan fingerprint density at radius 2 is 2.29 bits per heavy atom. The van der Waals surface area contributed by atoms with Crippen molar-refractivity contribution in [3.05, 3.63) is 0 Å². The Morgan fingerprint density at radius 3 is 2.79 bits per heavy atom. The Balaban J connectivity index is 2.62. The smallest absolute Gasteiger partial charge is 0.327 e. The minimum atomic E-state index is -2.60. The van der Waals surface area contributed by atoms with Gasteiger partial charge in [0.25, 0.3) is 6.43 Å². The van der Waals surface area contributed by atoms with Gasteiger partial charge in [0.2, 0.25) is 5.91 Å². The summed E-state index contributed by atoms with van der Waals surface area (Å²) in [5.74, 6) is -1.84. The number of thioether (sulfide) groups is 1. The maximum absolute atomic E-state index is 12.3. The molecule has 1 aliphatic rings. The van der Waals surface area contributed by atoms with E-state index in [1.807, 2.05) is 0 Å². The third-order valence-corrected chi connectivity index (χ3v) is 3.10. The van der Waals surface area contributed by atoms with Gasteiger partial charge < -0.3 is 10.4 Å². The van der Waals surface area contributed by atoms with Crippen molar-refractivity contribution < 1.29 is 23.5 Å². The molecule has 0 unspecified atom stereocenters. The number of halogens is 2. The van der Waals surface area contributed by atoms with Gasteiger partial charge in [-0.15, -0.1) is 11.8 Å². The lowest BCUT2D eigenvalue weighted by Gasteiger charge is -2.10. The first-order chi connectivity index (χ1) is 6.50. The van der Waals surface area contributed by atoms with Crippen molar-refractivity contribution in [2.24, 2.45) is 0 Å². The Kier molecular flexibility index (Phi) is 3.68. The zero-order valence-corrected chi connectivity index (χ0v) is 7.89. The van der Waals surface area contributed by atoms with E-state index < -0.39 is 29.6 Å². The molecule has 1 amide bonds. The highest BCUT2D eigenvalue weighted by Gasteiger charge is 2.32. The number of alkyl halides is 2. The SMILES string of the molecule is O=C1C[C@@H](C(F)F)SC[C@@H](C(=O)O)N1. The second-order valence-electron chi connectivity index (χ2n) is 2.87. The van der Waals surface area contributed by atoms with Crippen LogP contribution in [-0.2, 0) is 9.59 Å². The molecule has 1 saturated heterocycles. The van der Waals surface area contributed by atoms with Crippen LogP contribution in [0.5, 0.6) is 0 Å². The van der Waals surface area contributed by atoms with Gasteiger partial charge in [0.1, 0.15) is 6.04 Å². The van der Waals surface area contributed by atoms with E-state index in [2.05, 4.69) is 5.32 Å². The van der Waals surface area contributed by atoms with Crippen LogP contribution in [0.15, 0.2) is 0 Å². The second-order valence-corrected chi connectivity index (χ2v) is 4.14. The zero-order chi connectivity index (χ0) is 10.7. The molecule has 1 fully saturated rings. The fourth-order valence-corrected chi connectivity index (χ4v) is 2.13. The van der Waals surface area contributed by atoms with Crippen LogP contribution in [0, 0.1) is 0 Å². The number of carboxylic acid groups (broad SMARTS) is 1. The molecule has 1 heterocycles. The highest BCUT2D eigenvalue weighted by Crippen LogP contribution is 2.24. The first-order valence-electron chi connectivity index (χ1n) is 3.92. The Morgan fingerprint density at radius 1 is 1.64 bits per heavy atom. The first-order valence-corrected chi connectivity index (χ1v) is 4.97. The minimum Gasteiger partial charge on any atom is -0.480 e. The van der Waals surface area contributed by atoms with E-state index in [1.165, 1.54) is 0 Å². The van der Waals surface area contributed by atoms with E-state index in [0.29, 0.717) is 0 Å². The summed E-state index contributed by atoms with van der Waals surface area (Å²) in [6.07, 6.45) is -2.93. The topological polar surface area (TPSA) is 66.4 Å². The molecule has 2 N–H and O–H groups in total. The molecular weight excluding hydrogens is 216 g/mol. The van der Waals surface area contributed by atoms with Gasteiger partial charge in [-0.2, -0.15) is 0 Å². The third kappa shape index (κ3) is 2.83. The summed E-state index contributed by atoms with van der Waals surface area (Å²) in [7, 11) is 0. The lowest BCUT2D eigenvalue weighted by Crippen LogP contribution is -2.41. The lowest BCUT2D eigenvalue weighted by atomic mass is 10.2. The number of nitrogens with one attached hydrogen (secondary N) is 1. The number of amides is 1. The van der Waals surface area contributed by atoms with E-state index >= 15 is 0 Å². The largest absolute Gasteiger partial charge is 0.480 e. The van der Waals surface area contributed by atoms with Gasteiger partial charge in [-0.3, -0.25) is 4.79 Å². The molecule has 4 nitrogen and oxygen atoms in total. The molecule has 14 heavy (non-hydrogen) atoms. The molecule has 0 aromatic rings. The van der Waals surface area contributed by atoms with Gasteiger partial charge in [0.15, 0.2) is 0 Å². The molecule has 1 rings (SSSR count). The van der Waals surface area contributed by atoms with Crippen LogP contribution in [0.25, 0.3) is 0 Å². The summed E-state index contributed by atoms with van der Waals surface area (Å²) in [5, 5.41) is 9.66.